The van der Waals surface area contributed by atoms with Crippen LogP contribution in [0.25, 0.3) is 0 Å². The smallest absolute Gasteiger partial charge is 0.152 e. The van der Waals surface area contributed by atoms with Gasteiger partial charge in [0.1, 0.15) is 0 Å². The van der Waals surface area contributed by atoms with Crippen LogP contribution in [0.2, 0.25) is 10.0 Å². The average molecular weight is 221 g/mol. The van der Waals surface area contributed by atoms with E-state index >= 15 is 0 Å². The molecule has 1 aromatic carbocycles. The van der Waals surface area contributed by atoms with E-state index in [0.717, 1.165) is 12.0 Å². The van der Waals surface area contributed by atoms with Gasteiger partial charge in [-0.2, -0.15) is 0 Å². The Hall–Kier alpha value is -0.440. The van der Waals surface area contributed by atoms with Crippen molar-refractivity contribution in [1.29, 1.82) is 0 Å². The minimum atomic E-state index is -0.0653. The number of phenolic OH excluding ortho intramolecular Hbond substituents is 1. The first-order valence-corrected chi connectivity index (χ1v) is 4.56. The molecule has 4 heteroatoms. The van der Waals surface area contributed by atoms with Crippen LogP contribution in [0.15, 0.2) is 12.1 Å². The van der Waals surface area contributed by atoms with Crippen molar-refractivity contribution in [2.24, 2.45) is 0 Å². The molecule has 0 amide bonds. The molecule has 1 N–H and O–H groups in total. The Morgan fingerprint density at radius 3 is 2.31 bits per heavy atom. The monoisotopic (exact) mass is 220 g/mol. The maximum Gasteiger partial charge on any atom is 0.152 e. The summed E-state index contributed by atoms with van der Waals surface area (Å²) in [6.07, 6.45) is 0.732. The molecule has 0 heterocycles. The molecule has 2 nitrogen and oxygen atoms in total. The summed E-state index contributed by atoms with van der Waals surface area (Å²) in [5, 5.41) is 9.81. The lowest BCUT2D eigenvalue weighted by atomic mass is 10.1. The molecular weight excluding hydrogens is 211 g/mol. The minimum absolute atomic E-state index is 0.0653. The molecule has 0 atom stereocenters. The molecule has 0 aliphatic heterocycles. The SMILES string of the molecule is COCCc1cc(Cl)c(O)c(Cl)c1. The van der Waals surface area contributed by atoms with E-state index in [2.05, 4.69) is 0 Å². The molecule has 72 valence electrons. The van der Waals surface area contributed by atoms with E-state index in [4.69, 9.17) is 27.9 Å². The summed E-state index contributed by atoms with van der Waals surface area (Å²) in [4.78, 5) is 0. The number of benzene rings is 1. The highest BCUT2D eigenvalue weighted by atomic mass is 35.5. The van der Waals surface area contributed by atoms with Gasteiger partial charge >= 0.3 is 0 Å². The molecule has 0 spiro atoms. The number of ether oxygens (including phenoxy) is 1. The van der Waals surface area contributed by atoms with Gasteiger partial charge in [-0.3, -0.25) is 0 Å². The van der Waals surface area contributed by atoms with Crippen LogP contribution in [0.1, 0.15) is 5.56 Å². The van der Waals surface area contributed by atoms with Gasteiger partial charge in [0.25, 0.3) is 0 Å². The van der Waals surface area contributed by atoms with Gasteiger partial charge in [0.2, 0.25) is 0 Å². The van der Waals surface area contributed by atoms with Crippen molar-refractivity contribution in [2.45, 2.75) is 6.42 Å². The van der Waals surface area contributed by atoms with Crippen molar-refractivity contribution in [3.8, 4) is 5.75 Å². The molecule has 13 heavy (non-hydrogen) atoms. The fraction of sp³-hybridized carbons (Fsp3) is 0.333. The molecule has 0 aliphatic carbocycles. The molecule has 1 rings (SSSR count). The first-order valence-electron chi connectivity index (χ1n) is 3.81. The molecule has 0 bridgehead atoms. The predicted molar refractivity (Wildman–Crippen MR) is 53.7 cm³/mol. The first-order chi connectivity index (χ1) is 6.15. The van der Waals surface area contributed by atoms with Crippen molar-refractivity contribution in [3.05, 3.63) is 27.7 Å². The van der Waals surface area contributed by atoms with Crippen molar-refractivity contribution < 1.29 is 9.84 Å². The van der Waals surface area contributed by atoms with Crippen LogP contribution in [0, 0.1) is 0 Å². The molecule has 1 aromatic rings. The molecule has 0 unspecified atom stereocenters. The first kappa shape index (κ1) is 10.6. The van der Waals surface area contributed by atoms with E-state index < -0.39 is 0 Å². The average Bonchev–Trinajstić information content (AvgIpc) is 2.10. The van der Waals surface area contributed by atoms with Gasteiger partial charge < -0.3 is 9.84 Å². The zero-order valence-corrected chi connectivity index (χ0v) is 8.69. The third-order valence-electron chi connectivity index (χ3n) is 1.67. The Balaban J connectivity index is 2.86. The van der Waals surface area contributed by atoms with Crippen molar-refractivity contribution >= 4 is 23.2 Å². The van der Waals surface area contributed by atoms with Crippen molar-refractivity contribution in [3.63, 3.8) is 0 Å². The van der Waals surface area contributed by atoms with Gasteiger partial charge in [0.05, 0.1) is 16.7 Å². The van der Waals surface area contributed by atoms with Crippen LogP contribution in [-0.4, -0.2) is 18.8 Å². The van der Waals surface area contributed by atoms with E-state index in [-0.39, 0.29) is 15.8 Å². The number of rotatable bonds is 3. The second-order valence-corrected chi connectivity index (χ2v) is 3.47. The fourth-order valence-corrected chi connectivity index (χ4v) is 1.51. The highest BCUT2D eigenvalue weighted by Crippen LogP contribution is 2.32. The third kappa shape index (κ3) is 2.76. The van der Waals surface area contributed by atoms with E-state index in [9.17, 15) is 5.11 Å². The van der Waals surface area contributed by atoms with Gasteiger partial charge in [-0.15, -0.1) is 0 Å². The Morgan fingerprint density at radius 2 is 1.85 bits per heavy atom. The number of phenols is 1. The largest absolute Gasteiger partial charge is 0.505 e. The third-order valence-corrected chi connectivity index (χ3v) is 2.25. The van der Waals surface area contributed by atoms with Crippen LogP contribution in [0.5, 0.6) is 5.75 Å². The highest BCUT2D eigenvalue weighted by Gasteiger charge is 2.05. The van der Waals surface area contributed by atoms with E-state index in [0.29, 0.717) is 6.61 Å². The van der Waals surface area contributed by atoms with Crippen LogP contribution < -0.4 is 0 Å². The maximum absolute atomic E-state index is 9.26. The quantitative estimate of drug-likeness (QED) is 0.850. The summed E-state index contributed by atoms with van der Waals surface area (Å²) in [6.45, 7) is 0.609. The Labute approximate surface area is 87.0 Å². The minimum Gasteiger partial charge on any atom is -0.505 e. The zero-order valence-electron chi connectivity index (χ0n) is 7.18. The van der Waals surface area contributed by atoms with E-state index in [1.54, 1.807) is 19.2 Å². The number of halogens is 2. The molecule has 0 radical (unpaired) electrons. The summed E-state index contributed by atoms with van der Waals surface area (Å²) in [7, 11) is 1.63. The van der Waals surface area contributed by atoms with Gasteiger partial charge in [0, 0.05) is 7.11 Å². The Bertz CT molecular complexity index is 277. The lowest BCUT2D eigenvalue weighted by molar-refractivity contribution is 0.202. The number of hydrogen-bond donors (Lipinski definition) is 1. The molecule has 0 aromatic heterocycles. The normalized spacial score (nSPS) is 10.4. The van der Waals surface area contributed by atoms with Gasteiger partial charge in [-0.25, -0.2) is 0 Å². The van der Waals surface area contributed by atoms with Gasteiger partial charge in [-0.1, -0.05) is 23.2 Å². The lowest BCUT2D eigenvalue weighted by Gasteiger charge is -2.04. The number of methoxy groups -OCH3 is 1. The molecule has 0 aliphatic rings. The molecule has 0 fully saturated rings. The predicted octanol–water partition coefficient (Wildman–Crippen LogP) is 2.89. The summed E-state index contributed by atoms with van der Waals surface area (Å²) in [6, 6.07) is 3.36. The van der Waals surface area contributed by atoms with Gasteiger partial charge in [-0.05, 0) is 24.1 Å². The summed E-state index contributed by atoms with van der Waals surface area (Å²) in [5.74, 6) is -0.0653. The Kier molecular flexibility index (Phi) is 3.85. The van der Waals surface area contributed by atoms with Crippen LogP contribution >= 0.6 is 23.2 Å². The van der Waals surface area contributed by atoms with Gasteiger partial charge in [0.15, 0.2) is 5.75 Å². The van der Waals surface area contributed by atoms with E-state index in [1.165, 1.54) is 0 Å². The summed E-state index contributed by atoms with van der Waals surface area (Å²) in [5.41, 5.74) is 0.953. The maximum atomic E-state index is 9.26. The van der Waals surface area contributed by atoms with Crippen molar-refractivity contribution in [2.75, 3.05) is 13.7 Å². The van der Waals surface area contributed by atoms with E-state index in [1.807, 2.05) is 0 Å². The van der Waals surface area contributed by atoms with Crippen LogP contribution in [0.3, 0.4) is 0 Å². The number of aromatic hydroxyl groups is 1. The second-order valence-electron chi connectivity index (χ2n) is 2.65. The van der Waals surface area contributed by atoms with Crippen LogP contribution in [-0.2, 0) is 11.2 Å². The molecule has 0 saturated heterocycles. The lowest BCUT2D eigenvalue weighted by Crippen LogP contribution is -1.94. The zero-order chi connectivity index (χ0) is 9.84. The topological polar surface area (TPSA) is 29.5 Å². The molecular formula is C9H10Cl2O2. The van der Waals surface area contributed by atoms with Crippen molar-refractivity contribution in [1.82, 2.24) is 0 Å². The second kappa shape index (κ2) is 4.70. The summed E-state index contributed by atoms with van der Waals surface area (Å²) >= 11 is 11.4. The summed E-state index contributed by atoms with van der Waals surface area (Å²) < 4.78 is 4.91. The Morgan fingerprint density at radius 1 is 1.31 bits per heavy atom. The fourth-order valence-electron chi connectivity index (χ4n) is 0.982. The highest BCUT2D eigenvalue weighted by molar-refractivity contribution is 6.37. The van der Waals surface area contributed by atoms with Crippen LogP contribution in [0.4, 0.5) is 0 Å². The number of hydrogen-bond acceptors (Lipinski definition) is 2. The standard InChI is InChI=1S/C9H10Cl2O2/c1-13-3-2-6-4-7(10)9(12)8(11)5-6/h4-5,12H,2-3H2,1H3. The molecule has 0 saturated carbocycles.